The van der Waals surface area contributed by atoms with E-state index in [-0.39, 0.29) is 5.91 Å². The largest absolute Gasteiger partial charge is 0.311 e. The molecule has 1 heterocycles. The summed E-state index contributed by atoms with van der Waals surface area (Å²) in [6.45, 7) is 2.52. The molecule has 1 amide bonds. The number of likely N-dealkylation sites (N-methyl/N-ethyl adjacent to an activating group) is 1. The van der Waals surface area contributed by atoms with Gasteiger partial charge in [-0.25, -0.2) is 0 Å². The van der Waals surface area contributed by atoms with Crippen LogP contribution < -0.4 is 10.6 Å². The van der Waals surface area contributed by atoms with Gasteiger partial charge in [0.15, 0.2) is 5.82 Å². The summed E-state index contributed by atoms with van der Waals surface area (Å²) in [5, 5.41) is 12.5. The maximum absolute atomic E-state index is 11.2. The van der Waals surface area contributed by atoms with Crippen LogP contribution in [0.15, 0.2) is 6.07 Å². The summed E-state index contributed by atoms with van der Waals surface area (Å²) in [5.41, 5.74) is 1.13. The highest BCUT2D eigenvalue weighted by Gasteiger charge is 2.35. The normalized spacial score (nSPS) is 23.9. The fraction of sp³-hybridized carbons (Fsp3) is 0.600. The first-order chi connectivity index (χ1) is 7.20. The molecule has 1 aliphatic carbocycles. The number of nitrogens with one attached hydrogen (secondary N) is 3. The highest BCUT2D eigenvalue weighted by atomic mass is 16.1. The number of nitrogens with zero attached hydrogens (tertiary/aromatic N) is 1. The maximum Gasteiger partial charge on any atom is 0.239 e. The SMILES string of the molecule is CNCC(=O)Nc1cc(C2CC2C)[nH]n1. The molecule has 2 unspecified atom stereocenters. The molecular formula is C10H16N4O. The molecule has 1 aromatic heterocycles. The van der Waals surface area contributed by atoms with Gasteiger partial charge in [-0.15, -0.1) is 0 Å². The molecule has 0 aromatic carbocycles. The second kappa shape index (κ2) is 4.02. The van der Waals surface area contributed by atoms with Crippen molar-refractivity contribution in [2.75, 3.05) is 18.9 Å². The van der Waals surface area contributed by atoms with E-state index in [0.717, 1.165) is 11.6 Å². The van der Waals surface area contributed by atoms with Crippen molar-refractivity contribution in [1.29, 1.82) is 0 Å². The molecule has 1 fully saturated rings. The van der Waals surface area contributed by atoms with Crippen LogP contribution in [0.25, 0.3) is 0 Å². The number of carbonyl (C=O) groups is 1. The minimum atomic E-state index is -0.0700. The average molecular weight is 208 g/mol. The Morgan fingerprint density at radius 3 is 3.07 bits per heavy atom. The number of aromatic amines is 1. The zero-order valence-corrected chi connectivity index (χ0v) is 9.00. The van der Waals surface area contributed by atoms with E-state index in [1.165, 1.54) is 6.42 Å². The van der Waals surface area contributed by atoms with E-state index in [1.54, 1.807) is 7.05 Å². The minimum Gasteiger partial charge on any atom is -0.311 e. The van der Waals surface area contributed by atoms with Gasteiger partial charge in [0.1, 0.15) is 0 Å². The summed E-state index contributed by atoms with van der Waals surface area (Å²) in [5.74, 6) is 1.89. The van der Waals surface area contributed by atoms with Gasteiger partial charge in [0, 0.05) is 17.7 Å². The number of amides is 1. The molecule has 0 radical (unpaired) electrons. The summed E-state index contributed by atoms with van der Waals surface area (Å²) in [4.78, 5) is 11.2. The lowest BCUT2D eigenvalue weighted by atomic mass is 10.2. The van der Waals surface area contributed by atoms with Crippen LogP contribution >= 0.6 is 0 Å². The number of hydrogen-bond donors (Lipinski definition) is 3. The molecule has 82 valence electrons. The number of carbonyl (C=O) groups excluding carboxylic acids is 1. The lowest BCUT2D eigenvalue weighted by Crippen LogP contribution is -2.25. The first kappa shape index (κ1) is 10.2. The van der Waals surface area contributed by atoms with Crippen molar-refractivity contribution in [2.24, 2.45) is 5.92 Å². The molecule has 1 aromatic rings. The Morgan fingerprint density at radius 1 is 1.73 bits per heavy atom. The van der Waals surface area contributed by atoms with E-state index < -0.39 is 0 Å². The van der Waals surface area contributed by atoms with E-state index in [4.69, 9.17) is 0 Å². The summed E-state index contributed by atoms with van der Waals surface area (Å²) in [6, 6.07) is 1.92. The molecule has 0 spiro atoms. The molecule has 5 nitrogen and oxygen atoms in total. The zero-order valence-electron chi connectivity index (χ0n) is 9.00. The van der Waals surface area contributed by atoms with Gasteiger partial charge < -0.3 is 10.6 Å². The van der Waals surface area contributed by atoms with E-state index in [1.807, 2.05) is 6.07 Å². The van der Waals surface area contributed by atoms with Gasteiger partial charge in [-0.1, -0.05) is 6.92 Å². The minimum absolute atomic E-state index is 0.0700. The van der Waals surface area contributed by atoms with Crippen molar-refractivity contribution in [1.82, 2.24) is 15.5 Å². The topological polar surface area (TPSA) is 69.8 Å². The van der Waals surface area contributed by atoms with Crippen LogP contribution in [-0.4, -0.2) is 29.7 Å². The molecule has 2 rings (SSSR count). The van der Waals surface area contributed by atoms with Gasteiger partial charge in [0.2, 0.25) is 5.91 Å². The van der Waals surface area contributed by atoms with Gasteiger partial charge in [0.05, 0.1) is 6.54 Å². The predicted molar refractivity (Wildman–Crippen MR) is 57.7 cm³/mol. The Labute approximate surface area is 88.6 Å². The first-order valence-electron chi connectivity index (χ1n) is 5.20. The van der Waals surface area contributed by atoms with E-state index in [0.29, 0.717) is 18.3 Å². The Morgan fingerprint density at radius 2 is 2.47 bits per heavy atom. The number of anilines is 1. The van der Waals surface area contributed by atoms with Gasteiger partial charge in [-0.2, -0.15) is 5.10 Å². The summed E-state index contributed by atoms with van der Waals surface area (Å²) in [6.07, 6.45) is 1.21. The zero-order chi connectivity index (χ0) is 10.8. The van der Waals surface area contributed by atoms with Crippen molar-refractivity contribution in [3.8, 4) is 0 Å². The quantitative estimate of drug-likeness (QED) is 0.682. The fourth-order valence-corrected chi connectivity index (χ4v) is 1.69. The van der Waals surface area contributed by atoms with Crippen LogP contribution in [-0.2, 0) is 4.79 Å². The molecule has 1 saturated carbocycles. The van der Waals surface area contributed by atoms with Crippen molar-refractivity contribution in [2.45, 2.75) is 19.3 Å². The van der Waals surface area contributed by atoms with E-state index >= 15 is 0 Å². The summed E-state index contributed by atoms with van der Waals surface area (Å²) in [7, 11) is 1.74. The Hall–Kier alpha value is -1.36. The van der Waals surface area contributed by atoms with Crippen molar-refractivity contribution in [3.63, 3.8) is 0 Å². The van der Waals surface area contributed by atoms with Crippen LogP contribution in [0.1, 0.15) is 25.0 Å². The predicted octanol–water partition coefficient (Wildman–Crippen LogP) is 0.691. The lowest BCUT2D eigenvalue weighted by Gasteiger charge is -1.98. The lowest BCUT2D eigenvalue weighted by molar-refractivity contribution is -0.115. The molecule has 0 aliphatic heterocycles. The molecule has 0 saturated heterocycles. The van der Waals surface area contributed by atoms with Crippen LogP contribution in [0.3, 0.4) is 0 Å². The van der Waals surface area contributed by atoms with Crippen molar-refractivity contribution < 1.29 is 4.79 Å². The number of rotatable bonds is 4. The Bertz CT molecular complexity index is 360. The number of hydrogen-bond acceptors (Lipinski definition) is 3. The average Bonchev–Trinajstić information content (AvgIpc) is 2.74. The number of aromatic nitrogens is 2. The molecule has 15 heavy (non-hydrogen) atoms. The van der Waals surface area contributed by atoms with E-state index in [9.17, 15) is 4.79 Å². The maximum atomic E-state index is 11.2. The molecule has 3 N–H and O–H groups in total. The second-order valence-electron chi connectivity index (χ2n) is 4.11. The van der Waals surface area contributed by atoms with Crippen molar-refractivity contribution in [3.05, 3.63) is 11.8 Å². The fourth-order valence-electron chi connectivity index (χ4n) is 1.69. The molecule has 1 aliphatic rings. The van der Waals surface area contributed by atoms with Crippen LogP contribution in [0, 0.1) is 5.92 Å². The third-order valence-corrected chi connectivity index (χ3v) is 2.71. The van der Waals surface area contributed by atoms with Gasteiger partial charge in [-0.05, 0) is 19.4 Å². The summed E-state index contributed by atoms with van der Waals surface area (Å²) >= 11 is 0. The summed E-state index contributed by atoms with van der Waals surface area (Å²) < 4.78 is 0. The van der Waals surface area contributed by atoms with Gasteiger partial charge in [-0.3, -0.25) is 9.89 Å². The Kier molecular flexibility index (Phi) is 2.73. The standard InChI is InChI=1S/C10H16N4O/c1-6-3-7(6)8-4-9(14-13-8)12-10(15)5-11-2/h4,6-7,11H,3,5H2,1-2H3,(H2,12,13,14,15). The molecule has 2 atom stereocenters. The first-order valence-corrected chi connectivity index (χ1v) is 5.20. The van der Waals surface area contributed by atoms with Gasteiger partial charge >= 0.3 is 0 Å². The second-order valence-corrected chi connectivity index (χ2v) is 4.11. The van der Waals surface area contributed by atoms with Gasteiger partial charge in [0.25, 0.3) is 0 Å². The van der Waals surface area contributed by atoms with Crippen LogP contribution in [0.5, 0.6) is 0 Å². The van der Waals surface area contributed by atoms with Crippen LogP contribution in [0.4, 0.5) is 5.82 Å². The smallest absolute Gasteiger partial charge is 0.239 e. The number of H-pyrrole nitrogens is 1. The highest BCUT2D eigenvalue weighted by molar-refractivity contribution is 5.91. The van der Waals surface area contributed by atoms with Crippen molar-refractivity contribution >= 4 is 11.7 Å². The molecule has 0 bridgehead atoms. The molecule has 5 heteroatoms. The molecular weight excluding hydrogens is 192 g/mol. The third-order valence-electron chi connectivity index (χ3n) is 2.71. The highest BCUT2D eigenvalue weighted by Crippen LogP contribution is 2.46. The monoisotopic (exact) mass is 208 g/mol. The third kappa shape index (κ3) is 2.36. The van der Waals surface area contributed by atoms with Crippen LogP contribution in [0.2, 0.25) is 0 Å². The Balaban J connectivity index is 1.92. The van der Waals surface area contributed by atoms with E-state index in [2.05, 4.69) is 27.8 Å².